The standard InChI is InChI=1S/C8H14Br2N2O2/c1-5(9)7(13)11-3-4-12-8(14)6(2)10/h5-6H,3-4H2,1-2H3,(H,11,13)(H,12,14)/t5-,6-/m1/s1. The van der Waals surface area contributed by atoms with Crippen molar-refractivity contribution in [2.75, 3.05) is 13.1 Å². The van der Waals surface area contributed by atoms with E-state index < -0.39 is 0 Å². The summed E-state index contributed by atoms with van der Waals surface area (Å²) in [6, 6.07) is 0. The number of rotatable bonds is 5. The molecule has 0 aliphatic carbocycles. The summed E-state index contributed by atoms with van der Waals surface area (Å²) in [4.78, 5) is 21.7. The van der Waals surface area contributed by atoms with Crippen LogP contribution in [0.15, 0.2) is 0 Å². The van der Waals surface area contributed by atoms with Crippen molar-refractivity contribution in [2.45, 2.75) is 23.5 Å². The van der Waals surface area contributed by atoms with Crippen LogP contribution in [0.3, 0.4) is 0 Å². The Labute approximate surface area is 100 Å². The van der Waals surface area contributed by atoms with Gasteiger partial charge in [-0.25, -0.2) is 0 Å². The molecule has 0 spiro atoms. The van der Waals surface area contributed by atoms with Crippen LogP contribution in [0.25, 0.3) is 0 Å². The van der Waals surface area contributed by atoms with Crippen LogP contribution >= 0.6 is 31.9 Å². The van der Waals surface area contributed by atoms with E-state index in [4.69, 9.17) is 0 Å². The van der Waals surface area contributed by atoms with E-state index in [0.29, 0.717) is 13.1 Å². The van der Waals surface area contributed by atoms with Gasteiger partial charge in [-0.3, -0.25) is 9.59 Å². The van der Waals surface area contributed by atoms with Crippen LogP contribution in [-0.4, -0.2) is 34.6 Å². The smallest absolute Gasteiger partial charge is 0.233 e. The fraction of sp³-hybridized carbons (Fsp3) is 0.750. The van der Waals surface area contributed by atoms with Crippen molar-refractivity contribution in [1.82, 2.24) is 10.6 Å². The molecule has 4 nitrogen and oxygen atoms in total. The van der Waals surface area contributed by atoms with Gasteiger partial charge in [-0.2, -0.15) is 0 Å². The second-order valence-corrected chi connectivity index (χ2v) is 5.56. The first kappa shape index (κ1) is 13.9. The highest BCUT2D eigenvalue weighted by Crippen LogP contribution is 1.96. The molecule has 0 rings (SSSR count). The summed E-state index contributed by atoms with van der Waals surface area (Å²) < 4.78 is 0. The van der Waals surface area contributed by atoms with E-state index in [1.807, 2.05) is 0 Å². The summed E-state index contributed by atoms with van der Waals surface area (Å²) in [5.74, 6) is -0.155. The van der Waals surface area contributed by atoms with Crippen molar-refractivity contribution in [2.24, 2.45) is 0 Å². The highest BCUT2D eigenvalue weighted by Gasteiger charge is 2.09. The normalized spacial score (nSPS) is 14.3. The lowest BCUT2D eigenvalue weighted by atomic mass is 10.4. The maximum atomic E-state index is 11.0. The third-order valence-electron chi connectivity index (χ3n) is 1.45. The van der Waals surface area contributed by atoms with E-state index in [2.05, 4.69) is 42.5 Å². The zero-order chi connectivity index (χ0) is 11.1. The van der Waals surface area contributed by atoms with Crippen LogP contribution in [0, 0.1) is 0 Å². The molecule has 0 saturated carbocycles. The molecule has 0 aromatic rings. The number of nitrogens with one attached hydrogen (secondary N) is 2. The third-order valence-corrected chi connectivity index (χ3v) is 2.28. The zero-order valence-electron chi connectivity index (χ0n) is 8.14. The van der Waals surface area contributed by atoms with Gasteiger partial charge in [0.1, 0.15) is 0 Å². The number of hydrogen-bond donors (Lipinski definition) is 2. The lowest BCUT2D eigenvalue weighted by Gasteiger charge is -2.08. The van der Waals surface area contributed by atoms with E-state index in [1.54, 1.807) is 13.8 Å². The Balaban J connectivity index is 3.48. The van der Waals surface area contributed by atoms with E-state index in [1.165, 1.54) is 0 Å². The minimum atomic E-state index is -0.201. The molecule has 0 aliphatic rings. The molecule has 0 bridgehead atoms. The Morgan fingerprint density at radius 2 is 1.29 bits per heavy atom. The predicted octanol–water partition coefficient (Wildman–Crippen LogP) is 0.786. The van der Waals surface area contributed by atoms with E-state index in [-0.39, 0.29) is 21.5 Å². The van der Waals surface area contributed by atoms with Crippen LogP contribution in [-0.2, 0) is 9.59 Å². The molecule has 0 unspecified atom stereocenters. The fourth-order valence-electron chi connectivity index (χ4n) is 0.653. The largest absolute Gasteiger partial charge is 0.353 e. The van der Waals surface area contributed by atoms with Gasteiger partial charge in [0, 0.05) is 13.1 Å². The number of alkyl halides is 2. The third kappa shape index (κ3) is 6.37. The summed E-state index contributed by atoms with van der Waals surface area (Å²) in [5.41, 5.74) is 0. The maximum Gasteiger partial charge on any atom is 0.233 e. The second-order valence-electron chi connectivity index (χ2n) is 2.81. The topological polar surface area (TPSA) is 58.2 Å². The molecule has 0 radical (unpaired) electrons. The highest BCUT2D eigenvalue weighted by atomic mass is 79.9. The molecule has 82 valence electrons. The molecule has 0 aromatic carbocycles. The van der Waals surface area contributed by atoms with Gasteiger partial charge in [0.25, 0.3) is 0 Å². The van der Waals surface area contributed by atoms with Gasteiger partial charge in [0.15, 0.2) is 0 Å². The summed E-state index contributed by atoms with van der Waals surface area (Å²) in [6.07, 6.45) is 0. The molecule has 0 aromatic heterocycles. The van der Waals surface area contributed by atoms with Gasteiger partial charge in [-0.15, -0.1) is 0 Å². The van der Waals surface area contributed by atoms with Crippen molar-refractivity contribution >= 4 is 43.7 Å². The predicted molar refractivity (Wildman–Crippen MR) is 62.8 cm³/mol. The van der Waals surface area contributed by atoms with Gasteiger partial charge in [-0.1, -0.05) is 31.9 Å². The Morgan fingerprint density at radius 1 is 1.00 bits per heavy atom. The molecule has 0 heterocycles. The lowest BCUT2D eigenvalue weighted by Crippen LogP contribution is -2.38. The van der Waals surface area contributed by atoms with Gasteiger partial charge in [0.05, 0.1) is 9.65 Å². The first-order valence-corrected chi connectivity index (χ1v) is 6.12. The first-order chi connectivity index (χ1) is 6.45. The van der Waals surface area contributed by atoms with Crippen LogP contribution in [0.1, 0.15) is 13.8 Å². The van der Waals surface area contributed by atoms with Crippen LogP contribution in [0.5, 0.6) is 0 Å². The van der Waals surface area contributed by atoms with Crippen LogP contribution in [0.2, 0.25) is 0 Å². The quantitative estimate of drug-likeness (QED) is 0.578. The van der Waals surface area contributed by atoms with Gasteiger partial charge in [-0.05, 0) is 13.8 Å². The number of carbonyl (C=O) groups excluding carboxylic acids is 2. The molecule has 2 amide bonds. The van der Waals surface area contributed by atoms with E-state index >= 15 is 0 Å². The van der Waals surface area contributed by atoms with Crippen LogP contribution < -0.4 is 10.6 Å². The summed E-state index contributed by atoms with van der Waals surface area (Å²) in [5, 5.41) is 5.32. The molecular formula is C8H14Br2N2O2. The minimum Gasteiger partial charge on any atom is -0.353 e. The van der Waals surface area contributed by atoms with Gasteiger partial charge >= 0.3 is 0 Å². The average Bonchev–Trinajstić information content (AvgIpc) is 2.11. The molecule has 0 fully saturated rings. The van der Waals surface area contributed by atoms with Crippen molar-refractivity contribution in [1.29, 1.82) is 0 Å². The SMILES string of the molecule is C[C@@H](Br)C(=O)NCCNC(=O)[C@@H](C)Br. The molecule has 2 atom stereocenters. The Hall–Kier alpha value is -0.100. The molecule has 0 aliphatic heterocycles. The molecular weight excluding hydrogens is 316 g/mol. The number of halogens is 2. The highest BCUT2D eigenvalue weighted by molar-refractivity contribution is 9.10. The average molecular weight is 330 g/mol. The zero-order valence-corrected chi connectivity index (χ0v) is 11.3. The van der Waals surface area contributed by atoms with Crippen molar-refractivity contribution < 1.29 is 9.59 Å². The molecule has 6 heteroatoms. The van der Waals surface area contributed by atoms with Gasteiger partial charge in [0.2, 0.25) is 11.8 Å². The second kappa shape index (κ2) is 7.23. The Kier molecular flexibility index (Phi) is 7.17. The Morgan fingerprint density at radius 3 is 1.50 bits per heavy atom. The van der Waals surface area contributed by atoms with E-state index in [0.717, 1.165) is 0 Å². The molecule has 14 heavy (non-hydrogen) atoms. The maximum absolute atomic E-state index is 11.0. The van der Waals surface area contributed by atoms with Crippen molar-refractivity contribution in [3.63, 3.8) is 0 Å². The summed E-state index contributed by atoms with van der Waals surface area (Å²) in [7, 11) is 0. The van der Waals surface area contributed by atoms with Crippen molar-refractivity contribution in [3.8, 4) is 0 Å². The Bertz CT molecular complexity index is 186. The van der Waals surface area contributed by atoms with Crippen LogP contribution in [0.4, 0.5) is 0 Å². The number of carbonyl (C=O) groups is 2. The number of hydrogen-bond acceptors (Lipinski definition) is 2. The molecule has 0 saturated heterocycles. The lowest BCUT2D eigenvalue weighted by molar-refractivity contribution is -0.121. The summed E-state index contributed by atoms with van der Waals surface area (Å²) >= 11 is 6.27. The minimum absolute atomic E-state index is 0.0776. The van der Waals surface area contributed by atoms with E-state index in [9.17, 15) is 9.59 Å². The van der Waals surface area contributed by atoms with Gasteiger partial charge < -0.3 is 10.6 Å². The number of amides is 2. The molecule has 2 N–H and O–H groups in total. The van der Waals surface area contributed by atoms with Crippen molar-refractivity contribution in [3.05, 3.63) is 0 Å². The monoisotopic (exact) mass is 328 g/mol. The first-order valence-electron chi connectivity index (χ1n) is 4.28. The fourth-order valence-corrected chi connectivity index (χ4v) is 0.976. The summed E-state index contributed by atoms with van der Waals surface area (Å²) in [6.45, 7) is 4.38.